The van der Waals surface area contributed by atoms with Crippen molar-refractivity contribution in [3.63, 3.8) is 0 Å². The average Bonchev–Trinajstić information content (AvgIpc) is 2.64. The minimum Gasteiger partial charge on any atom is -0.407 e. The molecule has 1 saturated heterocycles. The third-order valence-corrected chi connectivity index (χ3v) is 3.24. The lowest BCUT2D eigenvalue weighted by molar-refractivity contribution is 0.324. The molecule has 1 fully saturated rings. The lowest BCUT2D eigenvalue weighted by Crippen LogP contribution is -2.25. The topological polar surface area (TPSA) is 68.2 Å². The molecule has 0 unspecified atom stereocenters. The molecule has 1 aromatic heterocycles. The standard InChI is InChI=1S/C11H20N4O/c1-11(2)4-3-6-15(7-5-11)10-14-13-9(8-12)16-10/h3-8,12H2,1-2H3. The Bertz CT molecular complexity index is 348. The maximum absolute atomic E-state index is 5.47. The van der Waals surface area contributed by atoms with E-state index in [9.17, 15) is 0 Å². The van der Waals surface area contributed by atoms with Crippen LogP contribution in [0.15, 0.2) is 4.42 Å². The third kappa shape index (κ3) is 2.52. The van der Waals surface area contributed by atoms with E-state index in [4.69, 9.17) is 10.2 Å². The highest BCUT2D eigenvalue weighted by Crippen LogP contribution is 2.31. The lowest BCUT2D eigenvalue weighted by Gasteiger charge is -2.22. The first-order valence-corrected chi connectivity index (χ1v) is 5.88. The summed E-state index contributed by atoms with van der Waals surface area (Å²) in [7, 11) is 0. The van der Waals surface area contributed by atoms with Gasteiger partial charge in [-0.25, -0.2) is 0 Å². The Morgan fingerprint density at radius 1 is 1.31 bits per heavy atom. The maximum Gasteiger partial charge on any atom is 0.318 e. The summed E-state index contributed by atoms with van der Waals surface area (Å²) in [6.07, 6.45) is 3.59. The summed E-state index contributed by atoms with van der Waals surface area (Å²) >= 11 is 0. The van der Waals surface area contributed by atoms with E-state index < -0.39 is 0 Å². The van der Waals surface area contributed by atoms with Crippen LogP contribution in [0.3, 0.4) is 0 Å². The van der Waals surface area contributed by atoms with Gasteiger partial charge in [0, 0.05) is 13.1 Å². The molecule has 0 atom stereocenters. The van der Waals surface area contributed by atoms with Gasteiger partial charge in [0.25, 0.3) is 0 Å². The molecular weight excluding hydrogens is 204 g/mol. The van der Waals surface area contributed by atoms with Gasteiger partial charge in [-0.3, -0.25) is 0 Å². The summed E-state index contributed by atoms with van der Waals surface area (Å²) in [5, 5.41) is 7.92. The van der Waals surface area contributed by atoms with Gasteiger partial charge in [0.05, 0.1) is 6.54 Å². The van der Waals surface area contributed by atoms with E-state index in [1.807, 2.05) is 0 Å². The zero-order valence-electron chi connectivity index (χ0n) is 10.1. The fourth-order valence-corrected chi connectivity index (χ4v) is 2.07. The molecule has 0 saturated carbocycles. The average molecular weight is 224 g/mol. The van der Waals surface area contributed by atoms with E-state index in [1.54, 1.807) is 0 Å². The van der Waals surface area contributed by atoms with Gasteiger partial charge in [-0.15, -0.1) is 5.10 Å². The predicted octanol–water partition coefficient (Wildman–Crippen LogP) is 1.54. The van der Waals surface area contributed by atoms with E-state index in [0.29, 0.717) is 23.9 Å². The van der Waals surface area contributed by atoms with Gasteiger partial charge in [-0.05, 0) is 24.7 Å². The second-order valence-electron chi connectivity index (χ2n) is 5.19. The molecule has 5 nitrogen and oxygen atoms in total. The Morgan fingerprint density at radius 2 is 2.12 bits per heavy atom. The Labute approximate surface area is 96.0 Å². The zero-order valence-corrected chi connectivity index (χ0v) is 10.1. The lowest BCUT2D eigenvalue weighted by atomic mass is 9.85. The molecule has 2 N–H and O–H groups in total. The highest BCUT2D eigenvalue weighted by molar-refractivity contribution is 5.24. The molecule has 2 rings (SSSR count). The molecule has 0 amide bonds. The van der Waals surface area contributed by atoms with Crippen LogP contribution in [0.25, 0.3) is 0 Å². The summed E-state index contributed by atoms with van der Waals surface area (Å²) < 4.78 is 5.47. The summed E-state index contributed by atoms with van der Waals surface area (Å²) in [6.45, 7) is 6.92. The first-order valence-electron chi connectivity index (χ1n) is 5.88. The molecular formula is C11H20N4O. The van der Waals surface area contributed by atoms with E-state index in [2.05, 4.69) is 28.9 Å². The van der Waals surface area contributed by atoms with Crippen molar-refractivity contribution in [1.29, 1.82) is 0 Å². The van der Waals surface area contributed by atoms with Gasteiger partial charge in [-0.1, -0.05) is 18.9 Å². The zero-order chi connectivity index (χ0) is 11.6. The van der Waals surface area contributed by atoms with Crippen LogP contribution >= 0.6 is 0 Å². The highest BCUT2D eigenvalue weighted by Gasteiger charge is 2.25. The van der Waals surface area contributed by atoms with Gasteiger partial charge < -0.3 is 15.1 Å². The van der Waals surface area contributed by atoms with Crippen molar-refractivity contribution in [2.24, 2.45) is 11.1 Å². The van der Waals surface area contributed by atoms with E-state index in [-0.39, 0.29) is 0 Å². The van der Waals surface area contributed by atoms with Gasteiger partial charge >= 0.3 is 6.01 Å². The predicted molar refractivity (Wildman–Crippen MR) is 62.0 cm³/mol. The van der Waals surface area contributed by atoms with Crippen molar-refractivity contribution in [3.8, 4) is 0 Å². The van der Waals surface area contributed by atoms with E-state index in [0.717, 1.165) is 19.5 Å². The van der Waals surface area contributed by atoms with Crippen LogP contribution in [0, 0.1) is 5.41 Å². The molecule has 0 spiro atoms. The summed E-state index contributed by atoms with van der Waals surface area (Å²) in [5.41, 5.74) is 5.87. The van der Waals surface area contributed by atoms with Crippen LogP contribution in [-0.4, -0.2) is 23.3 Å². The van der Waals surface area contributed by atoms with Crippen molar-refractivity contribution >= 4 is 6.01 Å². The number of aromatic nitrogens is 2. The number of nitrogens with zero attached hydrogens (tertiary/aromatic N) is 3. The van der Waals surface area contributed by atoms with Gasteiger partial charge in [0.15, 0.2) is 0 Å². The Kier molecular flexibility index (Phi) is 3.14. The Balaban J connectivity index is 2.04. The van der Waals surface area contributed by atoms with Crippen molar-refractivity contribution in [1.82, 2.24) is 10.2 Å². The van der Waals surface area contributed by atoms with Crippen molar-refractivity contribution in [3.05, 3.63) is 5.89 Å². The second-order valence-corrected chi connectivity index (χ2v) is 5.19. The van der Waals surface area contributed by atoms with Gasteiger partial charge in [-0.2, -0.15) is 0 Å². The molecule has 1 aliphatic heterocycles. The fourth-order valence-electron chi connectivity index (χ4n) is 2.07. The number of nitrogens with two attached hydrogens (primary N) is 1. The van der Waals surface area contributed by atoms with Crippen LogP contribution < -0.4 is 10.6 Å². The summed E-state index contributed by atoms with van der Waals surface area (Å²) in [5.74, 6) is 0.513. The minimum absolute atomic E-state index is 0.312. The quantitative estimate of drug-likeness (QED) is 0.825. The first kappa shape index (κ1) is 11.4. The van der Waals surface area contributed by atoms with Crippen LogP contribution in [0.1, 0.15) is 39.0 Å². The number of hydrogen-bond donors (Lipinski definition) is 1. The molecule has 90 valence electrons. The first-order chi connectivity index (χ1) is 7.61. The molecule has 1 aromatic rings. The number of rotatable bonds is 2. The van der Waals surface area contributed by atoms with E-state index >= 15 is 0 Å². The molecule has 2 heterocycles. The highest BCUT2D eigenvalue weighted by atomic mass is 16.4. The van der Waals surface area contributed by atoms with Crippen LogP contribution in [0.4, 0.5) is 6.01 Å². The van der Waals surface area contributed by atoms with Crippen molar-refractivity contribution < 1.29 is 4.42 Å². The van der Waals surface area contributed by atoms with Crippen LogP contribution in [0.5, 0.6) is 0 Å². The third-order valence-electron chi connectivity index (χ3n) is 3.24. The molecule has 5 heteroatoms. The molecule has 1 aliphatic rings. The van der Waals surface area contributed by atoms with Crippen molar-refractivity contribution in [2.75, 3.05) is 18.0 Å². The van der Waals surface area contributed by atoms with Crippen LogP contribution in [-0.2, 0) is 6.54 Å². The van der Waals surface area contributed by atoms with Crippen molar-refractivity contribution in [2.45, 2.75) is 39.7 Å². The smallest absolute Gasteiger partial charge is 0.318 e. The number of hydrogen-bond acceptors (Lipinski definition) is 5. The second kappa shape index (κ2) is 4.41. The molecule has 0 aromatic carbocycles. The normalized spacial score (nSPS) is 20.8. The minimum atomic E-state index is 0.312. The van der Waals surface area contributed by atoms with Crippen LogP contribution in [0.2, 0.25) is 0 Å². The largest absolute Gasteiger partial charge is 0.407 e. The Hall–Kier alpha value is -1.10. The Morgan fingerprint density at radius 3 is 2.81 bits per heavy atom. The fraction of sp³-hybridized carbons (Fsp3) is 0.818. The molecule has 0 aliphatic carbocycles. The van der Waals surface area contributed by atoms with E-state index in [1.165, 1.54) is 12.8 Å². The molecule has 0 radical (unpaired) electrons. The monoisotopic (exact) mass is 224 g/mol. The maximum atomic E-state index is 5.47. The SMILES string of the molecule is CC1(C)CCCN(c2nnc(CN)o2)CC1. The van der Waals surface area contributed by atoms with Gasteiger partial charge in [0.2, 0.25) is 5.89 Å². The number of anilines is 1. The summed E-state index contributed by atoms with van der Waals surface area (Å²) in [6, 6.07) is 0.623. The molecule has 0 bridgehead atoms. The van der Waals surface area contributed by atoms with Gasteiger partial charge in [0.1, 0.15) is 0 Å². The molecule has 16 heavy (non-hydrogen) atoms. The summed E-state index contributed by atoms with van der Waals surface area (Å²) in [4.78, 5) is 2.17.